The molecule has 0 atom stereocenters. The van der Waals surface area contributed by atoms with Crippen LogP contribution in [0.4, 0.5) is 5.69 Å². The smallest absolute Gasteiger partial charge is 0.117 e. The summed E-state index contributed by atoms with van der Waals surface area (Å²) >= 11 is 6.35. The average Bonchev–Trinajstić information content (AvgIpc) is 2.78. The van der Waals surface area contributed by atoms with Gasteiger partial charge < -0.3 is 5.73 Å². The fourth-order valence-electron chi connectivity index (χ4n) is 2.39. The monoisotopic (exact) mass is 285 g/mol. The number of nitrogens with zero attached hydrogens (tertiary/aromatic N) is 2. The molecule has 0 unspecified atom stereocenters. The van der Waals surface area contributed by atoms with Crippen LogP contribution >= 0.6 is 11.6 Å². The largest absolute Gasteiger partial charge is 0.399 e. The molecule has 0 aliphatic carbocycles. The molecular formula is C16H16ClN3. The number of halogens is 1. The summed E-state index contributed by atoms with van der Waals surface area (Å²) in [5.74, 6) is 1.28. The Bertz CT molecular complexity index is 774. The molecule has 1 heterocycles. The van der Waals surface area contributed by atoms with Crippen LogP contribution in [0.2, 0.25) is 5.02 Å². The fraction of sp³-hybridized carbons (Fsp3) is 0.188. The zero-order valence-corrected chi connectivity index (χ0v) is 12.2. The van der Waals surface area contributed by atoms with Crippen LogP contribution in [0, 0.1) is 0 Å². The molecule has 3 nitrogen and oxygen atoms in total. The maximum Gasteiger partial charge on any atom is 0.117 e. The standard InChI is InChI=1S/C16H16ClN3/c1-10(2)16-19-13-9-11(18)7-8-15(13)20(16)14-6-4-3-5-12(14)17/h3-10H,18H2,1-2H3. The highest BCUT2D eigenvalue weighted by Crippen LogP contribution is 2.30. The topological polar surface area (TPSA) is 43.8 Å². The van der Waals surface area contributed by atoms with Crippen LogP contribution < -0.4 is 5.73 Å². The molecule has 0 aliphatic heterocycles. The van der Waals surface area contributed by atoms with Crippen LogP contribution in [-0.2, 0) is 0 Å². The van der Waals surface area contributed by atoms with Gasteiger partial charge in [0.2, 0.25) is 0 Å². The first kappa shape index (κ1) is 13.0. The Morgan fingerprint density at radius 1 is 1.15 bits per heavy atom. The van der Waals surface area contributed by atoms with Crippen molar-refractivity contribution >= 4 is 28.3 Å². The summed E-state index contributed by atoms with van der Waals surface area (Å²) in [5, 5.41) is 0.713. The van der Waals surface area contributed by atoms with E-state index in [1.165, 1.54) is 0 Å². The molecule has 0 amide bonds. The lowest BCUT2D eigenvalue weighted by Crippen LogP contribution is -2.03. The second-order valence-electron chi connectivity index (χ2n) is 5.16. The van der Waals surface area contributed by atoms with E-state index in [1.54, 1.807) is 0 Å². The fourth-order valence-corrected chi connectivity index (χ4v) is 2.61. The van der Waals surface area contributed by atoms with Gasteiger partial charge in [-0.25, -0.2) is 4.98 Å². The van der Waals surface area contributed by atoms with Crippen molar-refractivity contribution in [1.82, 2.24) is 9.55 Å². The summed E-state index contributed by atoms with van der Waals surface area (Å²) in [6.45, 7) is 4.25. The average molecular weight is 286 g/mol. The van der Waals surface area contributed by atoms with Crippen molar-refractivity contribution in [3.63, 3.8) is 0 Å². The molecule has 0 aliphatic rings. The molecule has 0 saturated carbocycles. The number of hydrogen-bond acceptors (Lipinski definition) is 2. The minimum absolute atomic E-state index is 0.292. The van der Waals surface area contributed by atoms with Crippen molar-refractivity contribution in [2.45, 2.75) is 19.8 Å². The molecule has 2 N–H and O–H groups in total. The predicted octanol–water partition coefficient (Wildman–Crippen LogP) is 4.38. The van der Waals surface area contributed by atoms with Gasteiger partial charge in [0.1, 0.15) is 5.82 Å². The Morgan fingerprint density at radius 2 is 1.90 bits per heavy atom. The van der Waals surface area contributed by atoms with E-state index in [-0.39, 0.29) is 0 Å². The summed E-state index contributed by atoms with van der Waals surface area (Å²) in [4.78, 5) is 4.71. The zero-order chi connectivity index (χ0) is 14.3. The van der Waals surface area contributed by atoms with E-state index >= 15 is 0 Å². The SMILES string of the molecule is CC(C)c1nc2cc(N)ccc2n1-c1ccccc1Cl. The first-order valence-electron chi connectivity index (χ1n) is 6.60. The lowest BCUT2D eigenvalue weighted by molar-refractivity contribution is 0.760. The second kappa shape index (κ2) is 4.84. The molecule has 0 fully saturated rings. The third-order valence-electron chi connectivity index (χ3n) is 3.31. The van der Waals surface area contributed by atoms with Crippen molar-refractivity contribution in [2.24, 2.45) is 0 Å². The van der Waals surface area contributed by atoms with Gasteiger partial charge in [0, 0.05) is 11.6 Å². The lowest BCUT2D eigenvalue weighted by Gasteiger charge is -2.12. The lowest BCUT2D eigenvalue weighted by atomic mass is 10.2. The predicted molar refractivity (Wildman–Crippen MR) is 84.6 cm³/mol. The van der Waals surface area contributed by atoms with Gasteiger partial charge in [-0.15, -0.1) is 0 Å². The first-order valence-corrected chi connectivity index (χ1v) is 6.98. The van der Waals surface area contributed by atoms with E-state index in [0.29, 0.717) is 10.9 Å². The van der Waals surface area contributed by atoms with Crippen LogP contribution in [-0.4, -0.2) is 9.55 Å². The van der Waals surface area contributed by atoms with E-state index in [2.05, 4.69) is 18.4 Å². The van der Waals surface area contributed by atoms with Crippen LogP contribution in [0.25, 0.3) is 16.7 Å². The van der Waals surface area contributed by atoms with Gasteiger partial charge in [-0.05, 0) is 30.3 Å². The number of hydrogen-bond donors (Lipinski definition) is 1. The number of benzene rings is 2. The summed E-state index contributed by atoms with van der Waals surface area (Å²) in [6.07, 6.45) is 0. The third kappa shape index (κ3) is 2.04. The molecule has 3 aromatic rings. The van der Waals surface area contributed by atoms with Crippen LogP contribution in [0.15, 0.2) is 42.5 Å². The van der Waals surface area contributed by atoms with Gasteiger partial charge in [0.25, 0.3) is 0 Å². The summed E-state index contributed by atoms with van der Waals surface area (Å²) in [5.41, 5.74) is 9.44. The highest BCUT2D eigenvalue weighted by molar-refractivity contribution is 6.32. The van der Waals surface area contributed by atoms with Gasteiger partial charge in [-0.1, -0.05) is 37.6 Å². The van der Waals surface area contributed by atoms with Gasteiger partial charge >= 0.3 is 0 Å². The zero-order valence-electron chi connectivity index (χ0n) is 11.5. The van der Waals surface area contributed by atoms with E-state index in [4.69, 9.17) is 22.3 Å². The number of imidazole rings is 1. The molecule has 102 valence electrons. The Kier molecular flexibility index (Phi) is 3.14. The van der Waals surface area contributed by atoms with Gasteiger partial charge in [-0.2, -0.15) is 0 Å². The van der Waals surface area contributed by atoms with Crippen molar-refractivity contribution < 1.29 is 0 Å². The number of rotatable bonds is 2. The molecule has 20 heavy (non-hydrogen) atoms. The van der Waals surface area contributed by atoms with Crippen molar-refractivity contribution in [1.29, 1.82) is 0 Å². The Labute approximate surface area is 123 Å². The quantitative estimate of drug-likeness (QED) is 0.710. The molecule has 0 radical (unpaired) electrons. The summed E-state index contributed by atoms with van der Waals surface area (Å²) < 4.78 is 2.11. The normalized spacial score (nSPS) is 11.4. The number of anilines is 1. The number of fused-ring (bicyclic) bond motifs is 1. The Hall–Kier alpha value is -2.00. The minimum Gasteiger partial charge on any atom is -0.399 e. The van der Waals surface area contributed by atoms with Gasteiger partial charge in [0.05, 0.1) is 21.7 Å². The number of aromatic nitrogens is 2. The van der Waals surface area contributed by atoms with Crippen molar-refractivity contribution in [3.8, 4) is 5.69 Å². The molecule has 2 aromatic carbocycles. The van der Waals surface area contributed by atoms with Gasteiger partial charge in [0.15, 0.2) is 0 Å². The minimum atomic E-state index is 0.292. The molecule has 0 saturated heterocycles. The molecule has 0 spiro atoms. The number of nitrogen functional groups attached to an aromatic ring is 1. The van der Waals surface area contributed by atoms with Crippen molar-refractivity contribution in [3.05, 3.63) is 53.3 Å². The van der Waals surface area contributed by atoms with Crippen LogP contribution in [0.1, 0.15) is 25.6 Å². The maximum absolute atomic E-state index is 6.35. The first-order chi connectivity index (χ1) is 9.58. The van der Waals surface area contributed by atoms with E-state index in [9.17, 15) is 0 Å². The molecule has 4 heteroatoms. The van der Waals surface area contributed by atoms with Crippen LogP contribution in [0.5, 0.6) is 0 Å². The molecule has 3 rings (SSSR count). The summed E-state index contributed by atoms with van der Waals surface area (Å²) in [7, 11) is 0. The van der Waals surface area contributed by atoms with E-state index < -0.39 is 0 Å². The maximum atomic E-state index is 6.35. The number of para-hydroxylation sites is 1. The van der Waals surface area contributed by atoms with Crippen LogP contribution in [0.3, 0.4) is 0 Å². The highest BCUT2D eigenvalue weighted by atomic mass is 35.5. The van der Waals surface area contributed by atoms with Crippen molar-refractivity contribution in [2.75, 3.05) is 5.73 Å². The Balaban J connectivity index is 2.38. The van der Waals surface area contributed by atoms with Gasteiger partial charge in [-0.3, -0.25) is 4.57 Å². The molecule has 0 bridgehead atoms. The second-order valence-corrected chi connectivity index (χ2v) is 5.57. The Morgan fingerprint density at radius 3 is 2.60 bits per heavy atom. The molecular weight excluding hydrogens is 270 g/mol. The highest BCUT2D eigenvalue weighted by Gasteiger charge is 2.16. The summed E-state index contributed by atoms with van der Waals surface area (Å²) in [6, 6.07) is 13.6. The third-order valence-corrected chi connectivity index (χ3v) is 3.63. The van der Waals surface area contributed by atoms with E-state index in [0.717, 1.165) is 28.2 Å². The number of nitrogens with two attached hydrogens (primary N) is 1. The van der Waals surface area contributed by atoms with E-state index in [1.807, 2.05) is 42.5 Å². The molecule has 1 aromatic heterocycles.